The molecule has 0 spiro atoms. The van der Waals surface area contributed by atoms with Crippen LogP contribution in [0.1, 0.15) is 355 Å². The normalized spacial score (nSPS) is 13.9. The average Bonchev–Trinajstić information content (AvgIpc) is 3.70. The van der Waals surface area contributed by atoms with E-state index in [-0.39, 0.29) is 31.5 Å². The predicted molar refractivity (Wildman–Crippen MR) is 376 cm³/mol. The first kappa shape index (κ1) is 84.5. The van der Waals surface area contributed by atoms with Crippen LogP contribution in [-0.4, -0.2) is 69.4 Å². The summed E-state index contributed by atoms with van der Waals surface area (Å²) in [6, 6.07) is -0.892. The van der Waals surface area contributed by atoms with Crippen molar-refractivity contribution in [2.24, 2.45) is 0 Å². The summed E-state index contributed by atoms with van der Waals surface area (Å²) in [7, 11) is 1.19. The Labute approximate surface area is 540 Å². The third kappa shape index (κ3) is 67.7. The maximum absolute atomic E-state index is 13.6. The Morgan fingerprint density at radius 1 is 0.402 bits per heavy atom. The molecule has 0 saturated heterocycles. The van der Waals surface area contributed by atoms with E-state index >= 15 is 0 Å². The van der Waals surface area contributed by atoms with Crippen molar-refractivity contribution < 1.29 is 37.3 Å². The van der Waals surface area contributed by atoms with Crippen LogP contribution in [-0.2, 0) is 27.9 Å². The topological polar surface area (TPSA) is 114 Å². The van der Waals surface area contributed by atoms with Crippen molar-refractivity contribution in [3.8, 4) is 0 Å². The summed E-state index contributed by atoms with van der Waals surface area (Å²) in [5.74, 6) is -0.534. The Morgan fingerprint density at radius 2 is 0.701 bits per heavy atom. The summed E-state index contributed by atoms with van der Waals surface area (Å²) in [5, 5.41) is 3.05. The first-order chi connectivity index (χ1) is 42.4. The van der Waals surface area contributed by atoms with E-state index < -0.39 is 20.0 Å². The van der Waals surface area contributed by atoms with Gasteiger partial charge in [-0.15, -0.1) is 0 Å². The molecule has 0 aliphatic carbocycles. The van der Waals surface area contributed by atoms with Gasteiger partial charge in [0.05, 0.1) is 33.8 Å². The molecule has 0 aromatic rings. The second-order valence-electron chi connectivity index (χ2n) is 26.4. The first-order valence-electron chi connectivity index (χ1n) is 37.2. The Morgan fingerprint density at radius 3 is 1.08 bits per heavy atom. The summed E-state index contributed by atoms with van der Waals surface area (Å²) in [5.41, 5.74) is 0. The van der Waals surface area contributed by atoms with E-state index in [0.29, 0.717) is 17.4 Å². The smallest absolute Gasteiger partial charge is 0.306 e. The number of phosphoric acid groups is 1. The molecule has 0 aromatic heterocycles. The lowest BCUT2D eigenvalue weighted by Gasteiger charge is -2.30. The lowest BCUT2D eigenvalue weighted by molar-refractivity contribution is -0.870. The highest BCUT2D eigenvalue weighted by atomic mass is 31.2. The molecule has 9 nitrogen and oxygen atoms in total. The molecule has 3 unspecified atom stereocenters. The molecule has 508 valence electrons. The van der Waals surface area contributed by atoms with Crippen LogP contribution in [0, 0.1) is 0 Å². The van der Waals surface area contributed by atoms with E-state index in [0.717, 1.165) is 83.5 Å². The van der Waals surface area contributed by atoms with Gasteiger partial charge in [-0.1, -0.05) is 312 Å². The summed E-state index contributed by atoms with van der Waals surface area (Å²) in [4.78, 5) is 40.2. The molecule has 0 heterocycles. The standard InChI is InChI=1S/C77H143N2O7P/c1-7-10-13-16-19-22-25-27-29-31-33-35-37-38-39-40-42-43-45-47-49-51-54-57-60-63-66-69-76(80)78-74(73-85-87(82,83)84-72-71-79(4,5)6)75(68-65-62-59-56-53-24-21-18-15-12-9-3)86-77(81)70-67-64-61-58-55-52-50-48-46-44-41-36-34-32-30-28-26-23-20-17-14-11-8-2/h19,22,27-30,33,35,38-39,65,68,74-75H,7-18,20-21,23-26,31-32,34,36-37,40-64,66-67,69-73H2,1-6H3,(H-,78,80,82,83)/b22-19-,29-27-,30-28+,35-33-,39-38-,68-65-. The van der Waals surface area contributed by atoms with E-state index in [1.807, 2.05) is 33.3 Å². The molecular weight excluding hydrogens is 1100 g/mol. The number of quaternary nitrogens is 1. The van der Waals surface area contributed by atoms with Crippen LogP contribution in [0.5, 0.6) is 0 Å². The van der Waals surface area contributed by atoms with Crippen LogP contribution >= 0.6 is 7.82 Å². The molecule has 10 heteroatoms. The molecule has 0 fully saturated rings. The molecule has 0 bridgehead atoms. The number of rotatable bonds is 68. The molecule has 0 aromatic carbocycles. The molecule has 0 radical (unpaired) electrons. The van der Waals surface area contributed by atoms with Crippen molar-refractivity contribution in [1.29, 1.82) is 0 Å². The number of allylic oxidation sites excluding steroid dienone is 11. The Bertz CT molecular complexity index is 1720. The minimum atomic E-state index is -4.71. The fourth-order valence-electron chi connectivity index (χ4n) is 10.9. The highest BCUT2D eigenvalue weighted by Crippen LogP contribution is 2.38. The quantitative estimate of drug-likeness (QED) is 0.0212. The number of hydrogen-bond donors (Lipinski definition) is 1. The number of unbranched alkanes of at least 4 members (excludes halogenated alkanes) is 42. The third-order valence-corrected chi connectivity index (χ3v) is 17.6. The van der Waals surface area contributed by atoms with Crippen LogP contribution in [0.4, 0.5) is 0 Å². The van der Waals surface area contributed by atoms with Gasteiger partial charge in [0.2, 0.25) is 5.91 Å². The van der Waals surface area contributed by atoms with Crippen molar-refractivity contribution in [3.05, 3.63) is 72.9 Å². The van der Waals surface area contributed by atoms with E-state index in [9.17, 15) is 19.0 Å². The molecule has 0 aliphatic rings. The number of phosphoric ester groups is 1. The number of carbonyl (C=O) groups excluding carboxylic acids is 2. The predicted octanol–water partition coefficient (Wildman–Crippen LogP) is 23.3. The van der Waals surface area contributed by atoms with Crippen molar-refractivity contribution >= 4 is 19.7 Å². The molecule has 0 saturated carbocycles. The second-order valence-corrected chi connectivity index (χ2v) is 27.9. The second kappa shape index (κ2) is 66.4. The van der Waals surface area contributed by atoms with Gasteiger partial charge in [-0.2, -0.15) is 0 Å². The van der Waals surface area contributed by atoms with Crippen LogP contribution in [0.2, 0.25) is 0 Å². The van der Waals surface area contributed by atoms with Gasteiger partial charge in [0.15, 0.2) is 0 Å². The molecule has 0 rings (SSSR count). The van der Waals surface area contributed by atoms with Gasteiger partial charge in [0.25, 0.3) is 7.82 Å². The maximum atomic E-state index is 13.6. The van der Waals surface area contributed by atoms with E-state index in [1.54, 1.807) is 0 Å². The van der Waals surface area contributed by atoms with Gasteiger partial charge >= 0.3 is 5.97 Å². The van der Waals surface area contributed by atoms with Crippen molar-refractivity contribution in [2.75, 3.05) is 40.9 Å². The van der Waals surface area contributed by atoms with Gasteiger partial charge in [-0.3, -0.25) is 14.2 Å². The number of likely N-dealkylation sites (N-methyl/N-ethyl adjacent to an activating group) is 1. The largest absolute Gasteiger partial charge is 0.756 e. The SMILES string of the molecule is CCCCC/C=C\C/C=C\C/C=C\C/C=C\CCCCCCCCCCCCCC(=O)NC(COP(=O)([O-])OCC[N+](C)(C)C)C(/C=C\CCCCCCCCCCC)OC(=O)CCCCCCCCCCCCCCC/C=C/CCCCCCCC. The summed E-state index contributed by atoms with van der Waals surface area (Å²) < 4.78 is 30.5. The van der Waals surface area contributed by atoms with Crippen molar-refractivity contribution in [3.63, 3.8) is 0 Å². The lowest BCUT2D eigenvalue weighted by atomic mass is 10.0. The number of ether oxygens (including phenoxy) is 1. The number of hydrogen-bond acceptors (Lipinski definition) is 7. The van der Waals surface area contributed by atoms with E-state index in [2.05, 4.69) is 86.8 Å². The monoisotopic (exact) mass is 1240 g/mol. The van der Waals surface area contributed by atoms with Crippen LogP contribution in [0.15, 0.2) is 72.9 Å². The van der Waals surface area contributed by atoms with Crippen molar-refractivity contribution in [2.45, 2.75) is 367 Å². The molecule has 1 N–H and O–H groups in total. The van der Waals surface area contributed by atoms with Gasteiger partial charge in [-0.25, -0.2) is 0 Å². The van der Waals surface area contributed by atoms with Gasteiger partial charge < -0.3 is 28.5 Å². The Kier molecular flexibility index (Phi) is 64.4. The first-order valence-corrected chi connectivity index (χ1v) is 38.7. The van der Waals surface area contributed by atoms with Crippen molar-refractivity contribution in [1.82, 2.24) is 5.32 Å². The summed E-state index contributed by atoms with van der Waals surface area (Å²) in [6.07, 6.45) is 87.5. The number of amides is 1. The van der Waals surface area contributed by atoms with Crippen LogP contribution < -0.4 is 10.2 Å². The van der Waals surface area contributed by atoms with E-state index in [4.69, 9.17) is 13.8 Å². The van der Waals surface area contributed by atoms with Crippen LogP contribution in [0.3, 0.4) is 0 Å². The molecular formula is C77H143N2O7P. The zero-order valence-corrected chi connectivity index (χ0v) is 59.1. The fraction of sp³-hybridized carbons (Fsp3) is 0.818. The third-order valence-electron chi connectivity index (χ3n) is 16.6. The highest BCUT2D eigenvalue weighted by Gasteiger charge is 2.27. The Balaban J connectivity index is 4.96. The summed E-state index contributed by atoms with van der Waals surface area (Å²) in [6.45, 7) is 6.85. The molecule has 0 aliphatic heterocycles. The fourth-order valence-corrected chi connectivity index (χ4v) is 11.6. The number of nitrogens with zero attached hydrogens (tertiary/aromatic N) is 1. The minimum Gasteiger partial charge on any atom is -0.756 e. The lowest BCUT2D eigenvalue weighted by Crippen LogP contribution is -2.47. The number of esters is 1. The van der Waals surface area contributed by atoms with Gasteiger partial charge in [0.1, 0.15) is 19.3 Å². The van der Waals surface area contributed by atoms with Gasteiger partial charge in [0, 0.05) is 12.8 Å². The molecule has 3 atom stereocenters. The van der Waals surface area contributed by atoms with Gasteiger partial charge in [-0.05, 0) is 102 Å². The average molecular weight is 1240 g/mol. The molecule has 1 amide bonds. The Hall–Kier alpha value is -2.55. The summed E-state index contributed by atoms with van der Waals surface area (Å²) >= 11 is 0. The number of carbonyl (C=O) groups is 2. The minimum absolute atomic E-state index is 0.0236. The molecule has 87 heavy (non-hydrogen) atoms. The zero-order chi connectivity index (χ0) is 63.5. The number of nitrogens with one attached hydrogen (secondary N) is 1. The zero-order valence-electron chi connectivity index (χ0n) is 58.2. The maximum Gasteiger partial charge on any atom is 0.306 e. The van der Waals surface area contributed by atoms with E-state index in [1.165, 1.54) is 238 Å². The van der Waals surface area contributed by atoms with Crippen LogP contribution in [0.25, 0.3) is 0 Å². The highest BCUT2D eigenvalue weighted by molar-refractivity contribution is 7.45.